The van der Waals surface area contributed by atoms with Crippen LogP contribution in [0.5, 0.6) is 5.75 Å². The van der Waals surface area contributed by atoms with Gasteiger partial charge < -0.3 is 20.5 Å². The Hall–Kier alpha value is -2.34. The van der Waals surface area contributed by atoms with Crippen LogP contribution in [0.1, 0.15) is 0 Å². The molecule has 0 radical (unpaired) electrons. The number of anilines is 1. The number of benzene rings is 2. The average Bonchev–Trinajstić information content (AvgIpc) is 2.66. The summed E-state index contributed by atoms with van der Waals surface area (Å²) in [6.45, 7) is 1.01. The van der Waals surface area contributed by atoms with Crippen LogP contribution in [-0.2, 0) is 0 Å². The van der Waals surface area contributed by atoms with E-state index in [9.17, 15) is 5.11 Å². The van der Waals surface area contributed by atoms with Crippen LogP contribution in [0.4, 0.5) is 5.69 Å². The summed E-state index contributed by atoms with van der Waals surface area (Å²) in [5.41, 5.74) is 3.78. The number of methoxy groups -OCH3 is 1. The molecule has 0 saturated carbocycles. The molecule has 3 N–H and O–H groups in total. The van der Waals surface area contributed by atoms with Crippen molar-refractivity contribution in [2.75, 3.05) is 32.6 Å². The first-order chi connectivity index (χ1) is 12.2. The topological polar surface area (TPSA) is 66.4 Å². The second-order valence-electron chi connectivity index (χ2n) is 5.89. The molecule has 0 saturated heterocycles. The molecule has 3 aromatic rings. The maximum absolute atomic E-state index is 9.97. The van der Waals surface area contributed by atoms with Gasteiger partial charge in [-0.2, -0.15) is 0 Å². The number of nitrogens with one attached hydrogen (secondary N) is 2. The van der Waals surface area contributed by atoms with E-state index >= 15 is 0 Å². The highest BCUT2D eigenvalue weighted by molar-refractivity contribution is 5.93. The number of aliphatic hydroxyl groups excluding tert-OH is 1. The number of fused-ring (bicyclic) bond motifs is 1. The van der Waals surface area contributed by atoms with Gasteiger partial charge in [-0.05, 0) is 43.4 Å². The van der Waals surface area contributed by atoms with E-state index < -0.39 is 6.10 Å². The predicted molar refractivity (Wildman–Crippen MR) is 109 cm³/mol. The highest BCUT2D eigenvalue weighted by Gasteiger charge is 2.09. The summed E-state index contributed by atoms with van der Waals surface area (Å²) in [5, 5.41) is 17.3. The van der Waals surface area contributed by atoms with Gasteiger partial charge in [0.15, 0.2) is 0 Å². The maximum Gasteiger partial charge on any atom is 0.118 e. The summed E-state index contributed by atoms with van der Waals surface area (Å²) in [5.74, 6) is 0.818. The SMILES string of the molecule is CNCC(O)CNc1cc(-c2ccc(OC)cc2)nc2ccccc12.Cl. The number of likely N-dealkylation sites (N-methyl/N-ethyl adjacent to an activating group) is 1. The fraction of sp³-hybridized carbons (Fsp3) is 0.250. The van der Waals surface area contributed by atoms with Crippen molar-refractivity contribution in [1.29, 1.82) is 0 Å². The Labute approximate surface area is 159 Å². The number of para-hydroxylation sites is 1. The number of aliphatic hydroxyl groups is 1. The Morgan fingerprint density at radius 2 is 1.81 bits per heavy atom. The van der Waals surface area contributed by atoms with E-state index in [1.165, 1.54) is 0 Å². The van der Waals surface area contributed by atoms with Crippen LogP contribution in [0.2, 0.25) is 0 Å². The van der Waals surface area contributed by atoms with Crippen LogP contribution in [0.25, 0.3) is 22.2 Å². The zero-order chi connectivity index (χ0) is 17.6. The van der Waals surface area contributed by atoms with E-state index in [2.05, 4.69) is 10.6 Å². The third-order valence-corrected chi connectivity index (χ3v) is 4.07. The maximum atomic E-state index is 9.97. The molecule has 2 aromatic carbocycles. The lowest BCUT2D eigenvalue weighted by molar-refractivity contribution is 0.187. The van der Waals surface area contributed by atoms with Crippen molar-refractivity contribution in [2.24, 2.45) is 0 Å². The van der Waals surface area contributed by atoms with Crippen LogP contribution in [0.3, 0.4) is 0 Å². The molecule has 0 aliphatic rings. The monoisotopic (exact) mass is 373 g/mol. The zero-order valence-electron chi connectivity index (χ0n) is 14.9. The minimum absolute atomic E-state index is 0. The smallest absolute Gasteiger partial charge is 0.118 e. The van der Waals surface area contributed by atoms with Crippen LogP contribution in [-0.4, -0.2) is 43.4 Å². The van der Waals surface area contributed by atoms with Gasteiger partial charge in [0, 0.05) is 29.7 Å². The van der Waals surface area contributed by atoms with E-state index in [-0.39, 0.29) is 12.4 Å². The van der Waals surface area contributed by atoms with Crippen molar-refractivity contribution in [3.63, 3.8) is 0 Å². The second kappa shape index (κ2) is 9.38. The fourth-order valence-corrected chi connectivity index (χ4v) is 2.77. The Balaban J connectivity index is 0.00000243. The van der Waals surface area contributed by atoms with Gasteiger partial charge in [0.1, 0.15) is 5.75 Å². The van der Waals surface area contributed by atoms with Crippen LogP contribution < -0.4 is 15.4 Å². The quantitative estimate of drug-likeness (QED) is 0.593. The van der Waals surface area contributed by atoms with Crippen molar-refractivity contribution in [3.05, 3.63) is 54.6 Å². The summed E-state index contributed by atoms with van der Waals surface area (Å²) in [6, 6.07) is 17.9. The molecule has 6 heteroatoms. The highest BCUT2D eigenvalue weighted by atomic mass is 35.5. The molecule has 138 valence electrons. The lowest BCUT2D eigenvalue weighted by atomic mass is 10.1. The largest absolute Gasteiger partial charge is 0.497 e. The molecule has 1 unspecified atom stereocenters. The lowest BCUT2D eigenvalue weighted by Crippen LogP contribution is -2.30. The third-order valence-electron chi connectivity index (χ3n) is 4.07. The van der Waals surface area contributed by atoms with Gasteiger partial charge in [-0.25, -0.2) is 4.98 Å². The Kier molecular flexibility index (Phi) is 7.21. The number of halogens is 1. The number of aromatic nitrogens is 1. The molecule has 0 fully saturated rings. The summed E-state index contributed by atoms with van der Waals surface area (Å²) in [7, 11) is 3.48. The number of pyridine rings is 1. The standard InChI is InChI=1S/C20H23N3O2.ClH/c1-21-12-15(24)13-22-20-11-19(14-7-9-16(25-2)10-8-14)23-18-6-4-3-5-17(18)20;/h3-11,15,21,24H,12-13H2,1-2H3,(H,22,23);1H. The number of hydrogen-bond donors (Lipinski definition) is 3. The number of nitrogens with zero attached hydrogens (tertiary/aromatic N) is 1. The summed E-state index contributed by atoms with van der Waals surface area (Å²) < 4.78 is 5.22. The van der Waals surface area contributed by atoms with Gasteiger partial charge >= 0.3 is 0 Å². The molecule has 0 amide bonds. The van der Waals surface area contributed by atoms with Gasteiger partial charge in [-0.3, -0.25) is 0 Å². The lowest BCUT2D eigenvalue weighted by Gasteiger charge is -2.15. The molecule has 1 atom stereocenters. The average molecular weight is 374 g/mol. The van der Waals surface area contributed by atoms with Crippen LogP contribution >= 0.6 is 12.4 Å². The van der Waals surface area contributed by atoms with Gasteiger partial charge in [0.05, 0.1) is 24.4 Å². The van der Waals surface area contributed by atoms with Crippen molar-refractivity contribution < 1.29 is 9.84 Å². The van der Waals surface area contributed by atoms with E-state index in [0.29, 0.717) is 13.1 Å². The minimum Gasteiger partial charge on any atom is -0.497 e. The normalized spacial score (nSPS) is 11.7. The first-order valence-electron chi connectivity index (χ1n) is 8.32. The molecule has 1 heterocycles. The predicted octanol–water partition coefficient (Wildman–Crippen LogP) is 3.32. The van der Waals surface area contributed by atoms with E-state index in [0.717, 1.165) is 33.6 Å². The molecular formula is C20H24ClN3O2. The minimum atomic E-state index is -0.457. The van der Waals surface area contributed by atoms with E-state index in [1.54, 1.807) is 7.11 Å². The Morgan fingerprint density at radius 1 is 1.08 bits per heavy atom. The number of ether oxygens (including phenoxy) is 1. The van der Waals surface area contributed by atoms with Crippen molar-refractivity contribution in [2.45, 2.75) is 6.10 Å². The Morgan fingerprint density at radius 3 is 2.50 bits per heavy atom. The van der Waals surface area contributed by atoms with Crippen LogP contribution in [0.15, 0.2) is 54.6 Å². The first kappa shape index (κ1) is 20.0. The van der Waals surface area contributed by atoms with Crippen molar-refractivity contribution in [1.82, 2.24) is 10.3 Å². The summed E-state index contributed by atoms with van der Waals surface area (Å²) >= 11 is 0. The molecule has 0 aliphatic heterocycles. The van der Waals surface area contributed by atoms with Crippen molar-refractivity contribution in [3.8, 4) is 17.0 Å². The molecule has 5 nitrogen and oxygen atoms in total. The molecule has 3 rings (SSSR count). The fourth-order valence-electron chi connectivity index (χ4n) is 2.77. The Bertz CT molecular complexity index is 840. The zero-order valence-corrected chi connectivity index (χ0v) is 15.7. The highest BCUT2D eigenvalue weighted by Crippen LogP contribution is 2.29. The molecule has 0 spiro atoms. The first-order valence-corrected chi connectivity index (χ1v) is 8.32. The van der Waals surface area contributed by atoms with Gasteiger partial charge in [0.2, 0.25) is 0 Å². The molecular weight excluding hydrogens is 350 g/mol. The number of hydrogen-bond acceptors (Lipinski definition) is 5. The molecule has 1 aromatic heterocycles. The summed E-state index contributed by atoms with van der Waals surface area (Å²) in [4.78, 5) is 4.77. The second-order valence-corrected chi connectivity index (χ2v) is 5.89. The van der Waals surface area contributed by atoms with Gasteiger partial charge in [-0.1, -0.05) is 18.2 Å². The van der Waals surface area contributed by atoms with Crippen molar-refractivity contribution >= 4 is 29.0 Å². The van der Waals surface area contributed by atoms with E-state index in [1.807, 2.05) is 61.6 Å². The van der Waals surface area contributed by atoms with E-state index in [4.69, 9.17) is 9.72 Å². The third kappa shape index (κ3) is 4.64. The van der Waals surface area contributed by atoms with Gasteiger partial charge in [0.25, 0.3) is 0 Å². The van der Waals surface area contributed by atoms with Gasteiger partial charge in [-0.15, -0.1) is 12.4 Å². The molecule has 0 bridgehead atoms. The molecule has 0 aliphatic carbocycles. The summed E-state index contributed by atoms with van der Waals surface area (Å²) in [6.07, 6.45) is -0.457. The molecule has 26 heavy (non-hydrogen) atoms. The van der Waals surface area contributed by atoms with Crippen LogP contribution in [0, 0.1) is 0 Å². The number of rotatable bonds is 7.